The molecule has 7 atom stereocenters. The predicted octanol–water partition coefficient (Wildman–Crippen LogP) is 8.19. The monoisotopic (exact) mass is 609 g/mol. The van der Waals surface area contributed by atoms with Crippen molar-refractivity contribution in [3.8, 4) is 5.75 Å². The van der Waals surface area contributed by atoms with Crippen molar-refractivity contribution in [2.24, 2.45) is 23.7 Å². The number of piperidine rings is 1. The van der Waals surface area contributed by atoms with E-state index in [0.29, 0.717) is 30.7 Å². The fourth-order valence-corrected chi connectivity index (χ4v) is 8.15. The minimum absolute atomic E-state index is 0.0166. The Morgan fingerprint density at radius 1 is 0.977 bits per heavy atom. The van der Waals surface area contributed by atoms with Crippen LogP contribution in [-0.4, -0.2) is 36.7 Å². The van der Waals surface area contributed by atoms with Gasteiger partial charge in [0, 0.05) is 24.5 Å². The normalized spacial score (nSPS) is 27.7. The van der Waals surface area contributed by atoms with Gasteiger partial charge in [0.1, 0.15) is 11.9 Å². The Bertz CT molecular complexity index is 1370. The summed E-state index contributed by atoms with van der Waals surface area (Å²) in [5.74, 6) is 1.28. The molecule has 2 aliphatic heterocycles. The third kappa shape index (κ3) is 5.76. The van der Waals surface area contributed by atoms with Gasteiger partial charge in [0.2, 0.25) is 0 Å². The van der Waals surface area contributed by atoms with Crippen LogP contribution in [-0.2, 0) is 28.3 Å². The molecule has 2 aliphatic carbocycles. The lowest BCUT2D eigenvalue weighted by molar-refractivity contribution is -0.146. The summed E-state index contributed by atoms with van der Waals surface area (Å²) in [6.45, 7) is 4.02. The van der Waals surface area contributed by atoms with Crippen LogP contribution in [0.4, 0.5) is 26.3 Å². The number of likely N-dealkylation sites (tertiary alicyclic amines) is 1. The van der Waals surface area contributed by atoms with Crippen LogP contribution in [0.1, 0.15) is 85.7 Å². The summed E-state index contributed by atoms with van der Waals surface area (Å²) in [6.07, 6.45) is -4.12. The Balaban J connectivity index is 1.17. The van der Waals surface area contributed by atoms with E-state index in [0.717, 1.165) is 55.4 Å². The SMILES string of the molecule is COC(=O)C(C)C(c1ccc2c(c1)OC(C1C[C@@H]3C[C@@H]1CN3C(C)c1cc(C(F)(F)F)ccc1C(F)(F)F)CC2)C1CC1. The molecule has 234 valence electrons. The number of carbonyl (C=O) groups is 1. The highest BCUT2D eigenvalue weighted by molar-refractivity contribution is 5.73. The van der Waals surface area contributed by atoms with Gasteiger partial charge in [0.05, 0.1) is 24.2 Å². The Labute approximate surface area is 247 Å². The molecule has 4 nitrogen and oxygen atoms in total. The summed E-state index contributed by atoms with van der Waals surface area (Å²) in [5.41, 5.74) is -0.199. The van der Waals surface area contributed by atoms with Gasteiger partial charge in [0.15, 0.2) is 0 Å². The number of aryl methyl sites for hydroxylation is 1. The fourth-order valence-electron chi connectivity index (χ4n) is 8.15. The van der Waals surface area contributed by atoms with Gasteiger partial charge in [-0.05, 0) is 104 Å². The molecule has 0 amide bonds. The average Bonchev–Trinajstić information content (AvgIpc) is 3.59. The summed E-state index contributed by atoms with van der Waals surface area (Å²) < 4.78 is 93.4. The number of hydrogen-bond donors (Lipinski definition) is 0. The molecule has 2 saturated carbocycles. The van der Waals surface area contributed by atoms with E-state index in [4.69, 9.17) is 9.47 Å². The smallest absolute Gasteiger partial charge is 0.416 e. The van der Waals surface area contributed by atoms with Gasteiger partial charge in [-0.2, -0.15) is 26.3 Å². The molecule has 0 N–H and O–H groups in total. The number of methoxy groups -OCH3 is 1. The van der Waals surface area contributed by atoms with Crippen LogP contribution in [0.2, 0.25) is 0 Å². The van der Waals surface area contributed by atoms with Crippen molar-refractivity contribution in [2.45, 2.75) is 88.8 Å². The molecular weight excluding hydrogens is 572 g/mol. The molecule has 43 heavy (non-hydrogen) atoms. The highest BCUT2D eigenvalue weighted by atomic mass is 19.4. The van der Waals surface area contributed by atoms with E-state index in [1.807, 2.05) is 11.8 Å². The number of fused-ring (bicyclic) bond motifs is 3. The van der Waals surface area contributed by atoms with Gasteiger partial charge >= 0.3 is 18.3 Å². The van der Waals surface area contributed by atoms with Crippen LogP contribution in [0, 0.1) is 23.7 Å². The molecule has 0 aromatic heterocycles. The van der Waals surface area contributed by atoms with Crippen molar-refractivity contribution in [3.05, 3.63) is 64.2 Å². The highest BCUT2D eigenvalue weighted by Crippen LogP contribution is 2.52. The zero-order valence-corrected chi connectivity index (χ0v) is 24.5. The summed E-state index contributed by atoms with van der Waals surface area (Å²) in [4.78, 5) is 14.3. The quantitative estimate of drug-likeness (QED) is 0.234. The number of benzene rings is 2. The number of halogens is 6. The first-order valence-electron chi connectivity index (χ1n) is 15.2. The lowest BCUT2D eigenvalue weighted by atomic mass is 9.81. The van der Waals surface area contributed by atoms with E-state index >= 15 is 0 Å². The summed E-state index contributed by atoms with van der Waals surface area (Å²) in [7, 11) is 1.41. The number of hydrogen-bond acceptors (Lipinski definition) is 4. The molecule has 2 aromatic rings. The molecule has 2 bridgehead atoms. The van der Waals surface area contributed by atoms with Crippen molar-refractivity contribution < 1.29 is 40.6 Å². The predicted molar refractivity (Wildman–Crippen MR) is 147 cm³/mol. The minimum atomic E-state index is -4.75. The van der Waals surface area contributed by atoms with Crippen LogP contribution in [0.5, 0.6) is 5.75 Å². The van der Waals surface area contributed by atoms with Gasteiger partial charge in [0.25, 0.3) is 0 Å². The van der Waals surface area contributed by atoms with E-state index < -0.39 is 29.5 Å². The molecule has 6 rings (SSSR count). The Hall–Kier alpha value is -2.75. The van der Waals surface area contributed by atoms with Crippen LogP contribution in [0.3, 0.4) is 0 Å². The van der Waals surface area contributed by atoms with Gasteiger partial charge in [-0.3, -0.25) is 9.69 Å². The first-order chi connectivity index (χ1) is 20.3. The van der Waals surface area contributed by atoms with E-state index in [1.165, 1.54) is 7.11 Å². The first kappa shape index (κ1) is 30.3. The van der Waals surface area contributed by atoms with E-state index in [2.05, 4.69) is 18.2 Å². The van der Waals surface area contributed by atoms with Crippen LogP contribution >= 0.6 is 0 Å². The first-order valence-corrected chi connectivity index (χ1v) is 15.2. The van der Waals surface area contributed by atoms with Gasteiger partial charge < -0.3 is 9.47 Å². The Morgan fingerprint density at radius 2 is 1.72 bits per heavy atom. The molecular formula is C33H37F6NO3. The van der Waals surface area contributed by atoms with Gasteiger partial charge in [-0.15, -0.1) is 0 Å². The summed E-state index contributed by atoms with van der Waals surface area (Å²) in [5, 5.41) is 0. The average molecular weight is 610 g/mol. The third-order valence-electron chi connectivity index (χ3n) is 10.4. The molecule has 3 fully saturated rings. The zero-order valence-electron chi connectivity index (χ0n) is 24.5. The van der Waals surface area contributed by atoms with Crippen molar-refractivity contribution in [1.29, 1.82) is 0 Å². The number of esters is 1. The van der Waals surface area contributed by atoms with E-state index in [1.54, 1.807) is 6.92 Å². The maximum atomic E-state index is 13.8. The number of alkyl halides is 6. The van der Waals surface area contributed by atoms with Crippen LogP contribution in [0.25, 0.3) is 0 Å². The third-order valence-corrected chi connectivity index (χ3v) is 10.4. The van der Waals surface area contributed by atoms with Gasteiger partial charge in [-0.25, -0.2) is 0 Å². The fraction of sp³-hybridized carbons (Fsp3) is 0.606. The van der Waals surface area contributed by atoms with Crippen molar-refractivity contribution >= 4 is 5.97 Å². The van der Waals surface area contributed by atoms with Crippen LogP contribution in [0.15, 0.2) is 36.4 Å². The van der Waals surface area contributed by atoms with Crippen molar-refractivity contribution in [2.75, 3.05) is 13.7 Å². The second-order valence-corrected chi connectivity index (χ2v) is 13.0. The molecule has 2 heterocycles. The van der Waals surface area contributed by atoms with Gasteiger partial charge in [-0.1, -0.05) is 19.1 Å². The number of carbonyl (C=O) groups excluding carboxylic acids is 1. The molecule has 2 aromatic carbocycles. The van der Waals surface area contributed by atoms with Crippen molar-refractivity contribution in [3.63, 3.8) is 0 Å². The summed E-state index contributed by atoms with van der Waals surface area (Å²) >= 11 is 0. The molecule has 10 heteroatoms. The Morgan fingerprint density at radius 3 is 2.33 bits per heavy atom. The number of rotatable bonds is 7. The minimum Gasteiger partial charge on any atom is -0.490 e. The molecule has 0 spiro atoms. The number of ether oxygens (including phenoxy) is 2. The topological polar surface area (TPSA) is 38.8 Å². The molecule has 1 saturated heterocycles. The lowest BCUT2D eigenvalue weighted by Crippen LogP contribution is -2.43. The van der Waals surface area contributed by atoms with Crippen molar-refractivity contribution in [1.82, 2.24) is 4.90 Å². The van der Waals surface area contributed by atoms with E-state index in [-0.39, 0.29) is 47.4 Å². The maximum Gasteiger partial charge on any atom is 0.416 e. The highest BCUT2D eigenvalue weighted by Gasteiger charge is 2.51. The summed E-state index contributed by atoms with van der Waals surface area (Å²) in [6, 6.07) is 7.20. The molecule has 0 radical (unpaired) electrons. The maximum absolute atomic E-state index is 13.8. The second kappa shape index (κ2) is 11.0. The molecule has 4 aliphatic rings. The van der Waals surface area contributed by atoms with Crippen LogP contribution < -0.4 is 4.74 Å². The number of nitrogens with zero attached hydrogens (tertiary/aromatic N) is 1. The zero-order chi connectivity index (χ0) is 30.8. The second-order valence-electron chi connectivity index (χ2n) is 13.0. The largest absolute Gasteiger partial charge is 0.490 e. The van der Waals surface area contributed by atoms with E-state index in [9.17, 15) is 31.1 Å². The Kier molecular flexibility index (Phi) is 7.75. The lowest BCUT2D eigenvalue weighted by Gasteiger charge is -2.40. The molecule has 5 unspecified atom stereocenters. The standard InChI is InChI=1S/C33H37F6NO3/c1-17(31(41)42-3)30(20-5-6-20)21-7-4-19-8-11-28(43-29(19)13-21)26-15-24-12-22(26)16-40(24)18(2)25-14-23(32(34,35)36)9-10-27(25)33(37,38)39/h4,7,9-10,13-14,17-18,20,22,24,26,28,30H,5-6,8,11-12,15-16H2,1-3H3/t17?,18?,22-,24+,26?,28?,30?/m1/s1.